The van der Waals surface area contributed by atoms with Gasteiger partial charge < -0.3 is 16.4 Å². The van der Waals surface area contributed by atoms with Gasteiger partial charge >= 0.3 is 0 Å². The Balaban J connectivity index is 3.81. The summed E-state index contributed by atoms with van der Waals surface area (Å²) in [6.07, 6.45) is 0.928. The largest absolute Gasteiger partial charge is 0.386 e. The topological polar surface area (TPSA) is 55.3 Å². The Morgan fingerprint density at radius 2 is 2.00 bits per heavy atom. The first-order valence-electron chi connectivity index (χ1n) is 4.35. The molecule has 3 nitrogen and oxygen atoms in total. The van der Waals surface area contributed by atoms with Gasteiger partial charge in [-0.1, -0.05) is 6.58 Å². The lowest BCUT2D eigenvalue weighted by Crippen LogP contribution is -2.38. The highest BCUT2D eigenvalue weighted by Crippen LogP contribution is 2.06. The van der Waals surface area contributed by atoms with E-state index in [0.717, 1.165) is 19.5 Å². The van der Waals surface area contributed by atoms with Crippen LogP contribution in [0.4, 0.5) is 0 Å². The van der Waals surface area contributed by atoms with Crippen LogP contribution in [0.1, 0.15) is 27.2 Å². The Kier molecular flexibility index (Phi) is 4.10. The van der Waals surface area contributed by atoms with E-state index in [2.05, 4.69) is 13.5 Å². The van der Waals surface area contributed by atoms with Gasteiger partial charge in [-0.05, 0) is 27.2 Å². The number of hydrogen-bond acceptors (Lipinski definition) is 3. The number of nitrogens with zero attached hydrogens (tertiary/aromatic N) is 1. The van der Waals surface area contributed by atoms with Crippen molar-refractivity contribution in [2.24, 2.45) is 11.5 Å². The molecule has 0 radical (unpaired) electrons. The maximum atomic E-state index is 5.84. The van der Waals surface area contributed by atoms with Crippen LogP contribution < -0.4 is 11.5 Å². The minimum absolute atomic E-state index is 0.122. The predicted molar refractivity (Wildman–Crippen MR) is 53.5 cm³/mol. The van der Waals surface area contributed by atoms with Crippen molar-refractivity contribution in [1.29, 1.82) is 0 Å². The molecule has 3 heteroatoms. The molecule has 0 heterocycles. The van der Waals surface area contributed by atoms with Crippen molar-refractivity contribution in [3.8, 4) is 0 Å². The second-order valence-corrected chi connectivity index (χ2v) is 3.81. The summed E-state index contributed by atoms with van der Waals surface area (Å²) in [5, 5.41) is 0. The van der Waals surface area contributed by atoms with Gasteiger partial charge in [-0.25, -0.2) is 0 Å². The van der Waals surface area contributed by atoms with Crippen LogP contribution in [0.15, 0.2) is 12.4 Å². The molecule has 0 aliphatic carbocycles. The molecule has 0 unspecified atom stereocenters. The molecule has 0 aromatic heterocycles. The van der Waals surface area contributed by atoms with Crippen LogP contribution >= 0.6 is 0 Å². The summed E-state index contributed by atoms with van der Waals surface area (Å²) in [7, 11) is 0. The Morgan fingerprint density at radius 1 is 1.50 bits per heavy atom. The van der Waals surface area contributed by atoms with Gasteiger partial charge in [-0.3, -0.25) is 0 Å². The van der Waals surface area contributed by atoms with Gasteiger partial charge in [-0.15, -0.1) is 0 Å². The van der Waals surface area contributed by atoms with E-state index in [9.17, 15) is 0 Å². The van der Waals surface area contributed by atoms with Crippen LogP contribution in [0, 0.1) is 0 Å². The Bertz CT molecular complexity index is 146. The highest BCUT2D eigenvalue weighted by molar-refractivity contribution is 4.87. The molecule has 0 aliphatic rings. The highest BCUT2D eigenvalue weighted by atomic mass is 15.2. The van der Waals surface area contributed by atoms with Crippen molar-refractivity contribution in [3.63, 3.8) is 0 Å². The first kappa shape index (κ1) is 11.3. The van der Waals surface area contributed by atoms with Gasteiger partial charge in [0.1, 0.15) is 0 Å². The fourth-order valence-electron chi connectivity index (χ4n) is 0.928. The first-order valence-corrected chi connectivity index (χ1v) is 4.35. The van der Waals surface area contributed by atoms with Crippen molar-refractivity contribution >= 4 is 0 Å². The van der Waals surface area contributed by atoms with Crippen molar-refractivity contribution in [3.05, 3.63) is 12.4 Å². The third kappa shape index (κ3) is 5.02. The van der Waals surface area contributed by atoms with Crippen molar-refractivity contribution < 1.29 is 0 Å². The van der Waals surface area contributed by atoms with E-state index < -0.39 is 0 Å². The third-order valence-electron chi connectivity index (χ3n) is 1.81. The van der Waals surface area contributed by atoms with Crippen LogP contribution in [-0.4, -0.2) is 23.5 Å². The average molecular weight is 171 g/mol. The number of nitrogens with two attached hydrogens (primary N) is 2. The number of hydrogen-bond donors (Lipinski definition) is 2. The molecular weight excluding hydrogens is 150 g/mol. The van der Waals surface area contributed by atoms with Gasteiger partial charge in [-0.2, -0.15) is 0 Å². The molecule has 0 bridgehead atoms. The lowest BCUT2D eigenvalue weighted by Gasteiger charge is -2.26. The van der Waals surface area contributed by atoms with Gasteiger partial charge in [0.15, 0.2) is 0 Å². The van der Waals surface area contributed by atoms with Gasteiger partial charge in [0.25, 0.3) is 0 Å². The summed E-state index contributed by atoms with van der Waals surface area (Å²) < 4.78 is 0. The molecule has 72 valence electrons. The summed E-state index contributed by atoms with van der Waals surface area (Å²) in [6, 6.07) is 0. The smallest absolute Gasteiger partial charge is 0.0912 e. The van der Waals surface area contributed by atoms with Crippen molar-refractivity contribution in [2.75, 3.05) is 13.1 Å². The van der Waals surface area contributed by atoms with E-state index in [1.54, 1.807) is 0 Å². The molecule has 0 amide bonds. The summed E-state index contributed by atoms with van der Waals surface area (Å²) in [5.74, 6) is 0.627. The summed E-state index contributed by atoms with van der Waals surface area (Å²) in [5.41, 5.74) is 11.3. The second kappa shape index (κ2) is 4.36. The Hall–Kier alpha value is -0.700. The Morgan fingerprint density at radius 3 is 2.25 bits per heavy atom. The predicted octanol–water partition coefficient (Wildman–Crippen LogP) is 0.866. The molecule has 0 aliphatic heterocycles. The zero-order valence-electron chi connectivity index (χ0n) is 8.43. The second-order valence-electron chi connectivity index (χ2n) is 3.81. The average Bonchev–Trinajstić information content (AvgIpc) is 1.85. The van der Waals surface area contributed by atoms with Crippen LogP contribution in [0.2, 0.25) is 0 Å². The molecule has 0 rings (SSSR count). The zero-order chi connectivity index (χ0) is 9.78. The lowest BCUT2D eigenvalue weighted by molar-refractivity contribution is 0.314. The van der Waals surface area contributed by atoms with Crippen LogP contribution in [-0.2, 0) is 0 Å². The van der Waals surface area contributed by atoms with Crippen LogP contribution in [0.25, 0.3) is 0 Å². The molecule has 12 heavy (non-hydrogen) atoms. The lowest BCUT2D eigenvalue weighted by atomic mass is 10.0. The van der Waals surface area contributed by atoms with Crippen molar-refractivity contribution in [1.82, 2.24) is 4.90 Å². The summed E-state index contributed by atoms with van der Waals surface area (Å²) >= 11 is 0. The normalized spacial score (nSPS) is 11.3. The van der Waals surface area contributed by atoms with E-state index >= 15 is 0 Å². The van der Waals surface area contributed by atoms with Crippen LogP contribution in [0.5, 0.6) is 0 Å². The van der Waals surface area contributed by atoms with Crippen LogP contribution in [0.3, 0.4) is 0 Å². The monoisotopic (exact) mass is 171 g/mol. The standard InChI is InChI=1S/C9H21N3/c1-5-12(8(2)10)7-6-9(3,4)11/h2,5-7,10-11H2,1,3-4H3. The molecule has 0 spiro atoms. The molecule has 0 saturated heterocycles. The SMILES string of the molecule is C=C(N)N(CC)CCC(C)(C)N. The van der Waals surface area contributed by atoms with Gasteiger partial charge in [0, 0.05) is 18.6 Å². The quantitative estimate of drug-likeness (QED) is 0.645. The number of rotatable bonds is 5. The fourth-order valence-corrected chi connectivity index (χ4v) is 0.928. The van der Waals surface area contributed by atoms with Gasteiger partial charge in [0.2, 0.25) is 0 Å². The van der Waals surface area contributed by atoms with Gasteiger partial charge in [0.05, 0.1) is 5.82 Å². The maximum Gasteiger partial charge on any atom is 0.0912 e. The van der Waals surface area contributed by atoms with E-state index in [1.165, 1.54) is 0 Å². The first-order chi connectivity index (χ1) is 5.37. The minimum Gasteiger partial charge on any atom is -0.386 e. The third-order valence-corrected chi connectivity index (χ3v) is 1.81. The summed E-state index contributed by atoms with van der Waals surface area (Å²) in [4.78, 5) is 2.02. The van der Waals surface area contributed by atoms with E-state index in [0.29, 0.717) is 5.82 Å². The minimum atomic E-state index is -0.122. The van der Waals surface area contributed by atoms with E-state index in [4.69, 9.17) is 11.5 Å². The molecule has 4 N–H and O–H groups in total. The molecule has 0 aromatic rings. The maximum absolute atomic E-state index is 5.84. The molecule has 0 atom stereocenters. The Labute approximate surface area is 75.4 Å². The zero-order valence-corrected chi connectivity index (χ0v) is 8.43. The highest BCUT2D eigenvalue weighted by Gasteiger charge is 2.12. The van der Waals surface area contributed by atoms with E-state index in [1.807, 2.05) is 18.7 Å². The summed E-state index contributed by atoms with van der Waals surface area (Å²) in [6.45, 7) is 11.6. The molecular formula is C9H21N3. The molecule has 0 fully saturated rings. The van der Waals surface area contributed by atoms with E-state index in [-0.39, 0.29) is 5.54 Å². The molecule has 0 aromatic carbocycles. The van der Waals surface area contributed by atoms with Crippen molar-refractivity contribution in [2.45, 2.75) is 32.7 Å². The fraction of sp³-hybridized carbons (Fsp3) is 0.778. The molecule has 0 saturated carbocycles.